The highest BCUT2D eigenvalue weighted by Crippen LogP contribution is 2.27. The molecule has 1 saturated carbocycles. The molecular formula is C12H22N2O3. The molecule has 2 N–H and O–H groups in total. The molecule has 1 rings (SSSR count). The monoisotopic (exact) mass is 242 g/mol. The quantitative estimate of drug-likeness (QED) is 0.717. The second kappa shape index (κ2) is 6.00. The first-order valence-corrected chi connectivity index (χ1v) is 6.16. The minimum Gasteiger partial charge on any atom is -0.480 e. The number of nitrogens with zero attached hydrogens (tertiary/aromatic N) is 1. The van der Waals surface area contributed by atoms with E-state index in [4.69, 9.17) is 0 Å². The van der Waals surface area contributed by atoms with Crippen LogP contribution in [0.25, 0.3) is 0 Å². The molecule has 0 unspecified atom stereocenters. The zero-order valence-electron chi connectivity index (χ0n) is 10.7. The van der Waals surface area contributed by atoms with Gasteiger partial charge < -0.3 is 10.0 Å². The Morgan fingerprint density at radius 1 is 1.18 bits per heavy atom. The van der Waals surface area contributed by atoms with Crippen molar-refractivity contribution in [2.75, 3.05) is 20.6 Å². The van der Waals surface area contributed by atoms with Crippen molar-refractivity contribution >= 4 is 11.9 Å². The van der Waals surface area contributed by atoms with Crippen LogP contribution >= 0.6 is 0 Å². The van der Waals surface area contributed by atoms with Crippen molar-refractivity contribution in [3.05, 3.63) is 0 Å². The largest absolute Gasteiger partial charge is 0.480 e. The normalized spacial score (nSPS) is 19.4. The number of rotatable bonds is 4. The summed E-state index contributed by atoms with van der Waals surface area (Å²) in [5.41, 5.74) is -0.901. The van der Waals surface area contributed by atoms with Crippen LogP contribution in [0, 0.1) is 0 Å². The Morgan fingerprint density at radius 2 is 1.71 bits per heavy atom. The first-order valence-electron chi connectivity index (χ1n) is 6.16. The zero-order valence-corrected chi connectivity index (χ0v) is 10.7. The Bertz CT molecular complexity index is 281. The van der Waals surface area contributed by atoms with Crippen LogP contribution in [-0.4, -0.2) is 48.1 Å². The first-order chi connectivity index (χ1) is 7.98. The Hall–Kier alpha value is -1.10. The summed E-state index contributed by atoms with van der Waals surface area (Å²) in [5, 5.41) is 12.3. The first kappa shape index (κ1) is 14.0. The van der Waals surface area contributed by atoms with Crippen LogP contribution in [0.1, 0.15) is 38.5 Å². The lowest BCUT2D eigenvalue weighted by atomic mass is 9.90. The van der Waals surface area contributed by atoms with Gasteiger partial charge in [-0.2, -0.15) is 0 Å². The molecule has 17 heavy (non-hydrogen) atoms. The van der Waals surface area contributed by atoms with Crippen LogP contribution in [0.3, 0.4) is 0 Å². The molecule has 0 heterocycles. The van der Waals surface area contributed by atoms with Gasteiger partial charge in [-0.1, -0.05) is 25.7 Å². The predicted molar refractivity (Wildman–Crippen MR) is 64.8 cm³/mol. The maximum atomic E-state index is 11.5. The van der Waals surface area contributed by atoms with Crippen LogP contribution < -0.4 is 5.32 Å². The topological polar surface area (TPSA) is 69.6 Å². The molecule has 0 bridgehead atoms. The van der Waals surface area contributed by atoms with Gasteiger partial charge in [-0.25, -0.2) is 0 Å². The van der Waals surface area contributed by atoms with Crippen LogP contribution in [-0.2, 0) is 9.59 Å². The van der Waals surface area contributed by atoms with E-state index in [1.165, 1.54) is 4.90 Å². The van der Waals surface area contributed by atoms with Gasteiger partial charge in [-0.05, 0) is 12.8 Å². The highest BCUT2D eigenvalue weighted by molar-refractivity contribution is 5.82. The highest BCUT2D eigenvalue weighted by Gasteiger charge is 2.38. The predicted octanol–water partition coefficient (Wildman–Crippen LogP) is 0.842. The maximum absolute atomic E-state index is 11.5. The molecule has 1 aliphatic rings. The minimum absolute atomic E-state index is 0.0881. The van der Waals surface area contributed by atoms with E-state index in [2.05, 4.69) is 5.32 Å². The molecule has 0 spiro atoms. The van der Waals surface area contributed by atoms with Crippen LogP contribution in [0.5, 0.6) is 0 Å². The van der Waals surface area contributed by atoms with E-state index in [9.17, 15) is 14.7 Å². The molecule has 98 valence electrons. The van der Waals surface area contributed by atoms with Gasteiger partial charge in [-0.15, -0.1) is 0 Å². The fourth-order valence-corrected chi connectivity index (χ4v) is 2.20. The molecule has 0 aromatic carbocycles. The SMILES string of the molecule is CN(C)C(=O)CNC1(C(=O)O)CCCCCC1. The smallest absolute Gasteiger partial charge is 0.323 e. The summed E-state index contributed by atoms with van der Waals surface area (Å²) in [6, 6.07) is 0. The van der Waals surface area contributed by atoms with E-state index in [0.717, 1.165) is 25.7 Å². The van der Waals surface area contributed by atoms with Crippen molar-refractivity contribution in [1.29, 1.82) is 0 Å². The van der Waals surface area contributed by atoms with E-state index < -0.39 is 11.5 Å². The number of hydrogen-bond donors (Lipinski definition) is 2. The van der Waals surface area contributed by atoms with Gasteiger partial charge >= 0.3 is 5.97 Å². The number of nitrogens with one attached hydrogen (secondary N) is 1. The number of carboxylic acids is 1. The molecule has 0 aromatic heterocycles. The summed E-state index contributed by atoms with van der Waals surface area (Å²) in [6.07, 6.45) is 5.22. The molecule has 0 aromatic rings. The van der Waals surface area contributed by atoms with Gasteiger partial charge in [0.15, 0.2) is 0 Å². The summed E-state index contributed by atoms with van der Waals surface area (Å²) < 4.78 is 0. The minimum atomic E-state index is -0.901. The van der Waals surface area contributed by atoms with Gasteiger partial charge in [0.1, 0.15) is 5.54 Å². The number of likely N-dealkylation sites (N-methyl/N-ethyl adjacent to an activating group) is 1. The van der Waals surface area contributed by atoms with Crippen LogP contribution in [0.2, 0.25) is 0 Å². The van der Waals surface area contributed by atoms with Gasteiger partial charge in [0.25, 0.3) is 0 Å². The van der Waals surface area contributed by atoms with Gasteiger partial charge in [0.05, 0.1) is 6.54 Å². The summed E-state index contributed by atoms with van der Waals surface area (Å²) in [7, 11) is 3.34. The Morgan fingerprint density at radius 3 is 2.12 bits per heavy atom. The standard InChI is InChI=1S/C12H22N2O3/c1-14(2)10(15)9-13-12(11(16)17)7-5-3-4-6-8-12/h13H,3-9H2,1-2H3,(H,16,17). The number of aliphatic carboxylic acids is 1. The number of carbonyl (C=O) groups is 2. The summed E-state index contributed by atoms with van der Waals surface area (Å²) in [6.45, 7) is 0.0965. The number of hydrogen-bond acceptors (Lipinski definition) is 3. The average Bonchev–Trinajstić information content (AvgIpc) is 2.52. The second-order valence-electron chi connectivity index (χ2n) is 4.94. The van der Waals surface area contributed by atoms with Gasteiger partial charge in [-0.3, -0.25) is 14.9 Å². The number of amides is 1. The molecular weight excluding hydrogens is 220 g/mol. The van der Waals surface area contributed by atoms with E-state index in [-0.39, 0.29) is 12.5 Å². The highest BCUT2D eigenvalue weighted by atomic mass is 16.4. The third-order valence-electron chi connectivity index (χ3n) is 3.44. The van der Waals surface area contributed by atoms with Gasteiger partial charge in [0.2, 0.25) is 5.91 Å². The Kier molecular flexibility index (Phi) is 4.93. The number of carbonyl (C=O) groups excluding carboxylic acids is 1. The summed E-state index contributed by atoms with van der Waals surface area (Å²) >= 11 is 0. The van der Waals surface area contributed by atoms with Crippen molar-refractivity contribution < 1.29 is 14.7 Å². The molecule has 0 saturated heterocycles. The van der Waals surface area contributed by atoms with E-state index in [0.29, 0.717) is 12.8 Å². The van der Waals surface area contributed by atoms with E-state index in [1.54, 1.807) is 14.1 Å². The van der Waals surface area contributed by atoms with E-state index in [1.807, 2.05) is 0 Å². The third kappa shape index (κ3) is 3.70. The summed E-state index contributed by atoms with van der Waals surface area (Å²) in [4.78, 5) is 24.4. The van der Waals surface area contributed by atoms with Gasteiger partial charge in [0, 0.05) is 14.1 Å². The van der Waals surface area contributed by atoms with Crippen LogP contribution in [0.15, 0.2) is 0 Å². The lowest BCUT2D eigenvalue weighted by molar-refractivity contribution is -0.146. The Balaban J connectivity index is 2.64. The Labute approximate surface area is 102 Å². The molecule has 1 amide bonds. The molecule has 0 atom stereocenters. The van der Waals surface area contributed by atoms with Crippen molar-refractivity contribution in [3.8, 4) is 0 Å². The molecule has 1 aliphatic carbocycles. The third-order valence-corrected chi connectivity index (χ3v) is 3.44. The van der Waals surface area contributed by atoms with E-state index >= 15 is 0 Å². The molecule has 1 fully saturated rings. The molecule has 5 heteroatoms. The zero-order chi connectivity index (χ0) is 12.9. The molecule has 0 radical (unpaired) electrons. The fraction of sp³-hybridized carbons (Fsp3) is 0.833. The van der Waals surface area contributed by atoms with Crippen molar-refractivity contribution in [1.82, 2.24) is 10.2 Å². The fourth-order valence-electron chi connectivity index (χ4n) is 2.20. The molecule has 5 nitrogen and oxygen atoms in total. The van der Waals surface area contributed by atoms with Crippen molar-refractivity contribution in [3.63, 3.8) is 0 Å². The lowest BCUT2D eigenvalue weighted by Gasteiger charge is -2.29. The second-order valence-corrected chi connectivity index (χ2v) is 4.94. The lowest BCUT2D eigenvalue weighted by Crippen LogP contribution is -2.54. The number of carboxylic acid groups (broad SMARTS) is 1. The molecule has 0 aliphatic heterocycles. The average molecular weight is 242 g/mol. The summed E-state index contributed by atoms with van der Waals surface area (Å²) in [5.74, 6) is -0.916. The maximum Gasteiger partial charge on any atom is 0.323 e. The van der Waals surface area contributed by atoms with Crippen molar-refractivity contribution in [2.45, 2.75) is 44.1 Å². The van der Waals surface area contributed by atoms with Crippen LogP contribution in [0.4, 0.5) is 0 Å². The van der Waals surface area contributed by atoms with Crippen molar-refractivity contribution in [2.24, 2.45) is 0 Å².